The summed E-state index contributed by atoms with van der Waals surface area (Å²) in [5.74, 6) is 0.324. The van der Waals surface area contributed by atoms with E-state index >= 15 is 0 Å². The molecule has 1 aliphatic rings. The van der Waals surface area contributed by atoms with Crippen molar-refractivity contribution in [3.63, 3.8) is 0 Å². The second-order valence-electron chi connectivity index (χ2n) is 6.49. The molecule has 1 fully saturated rings. The second-order valence-corrected chi connectivity index (χ2v) is 6.49. The van der Waals surface area contributed by atoms with Gasteiger partial charge in [-0.2, -0.15) is 8.78 Å². The van der Waals surface area contributed by atoms with Gasteiger partial charge in [-0.1, -0.05) is 50.3 Å². The first kappa shape index (κ1) is 18.6. The molecule has 0 bridgehead atoms. The van der Waals surface area contributed by atoms with Crippen molar-refractivity contribution in [3.8, 4) is 5.75 Å². The third-order valence-electron chi connectivity index (χ3n) is 4.61. The number of rotatable bonds is 7. The van der Waals surface area contributed by atoms with Crippen LogP contribution >= 0.6 is 0 Å². The van der Waals surface area contributed by atoms with Gasteiger partial charge in [-0.3, -0.25) is 4.79 Å². The normalized spacial score (nSPS) is 18.2. The fraction of sp³-hybridized carbons (Fsp3) is 0.611. The highest BCUT2D eigenvalue weighted by Gasteiger charge is 2.23. The van der Waals surface area contributed by atoms with E-state index in [1.165, 1.54) is 25.3 Å². The number of hydrogen-bond donors (Lipinski definition) is 2. The molecule has 2 atom stereocenters. The average Bonchev–Trinajstić information content (AvgIpc) is 2.55. The minimum atomic E-state index is -2.90. The molecule has 134 valence electrons. The lowest BCUT2D eigenvalue weighted by Crippen LogP contribution is -2.43. The molecule has 3 N–H and O–H groups in total. The number of alkyl halides is 2. The van der Waals surface area contributed by atoms with E-state index in [4.69, 9.17) is 5.73 Å². The number of halogens is 2. The predicted octanol–water partition coefficient (Wildman–Crippen LogP) is 3.76. The molecule has 1 aromatic rings. The molecule has 1 aromatic carbocycles. The molecule has 0 heterocycles. The van der Waals surface area contributed by atoms with Gasteiger partial charge in [-0.15, -0.1) is 0 Å². The Labute approximate surface area is 141 Å². The van der Waals surface area contributed by atoms with E-state index in [1.807, 2.05) is 0 Å². The maximum absolute atomic E-state index is 12.5. The fourth-order valence-electron chi connectivity index (χ4n) is 3.33. The number of para-hydroxylation sites is 1. The first-order chi connectivity index (χ1) is 11.5. The summed E-state index contributed by atoms with van der Waals surface area (Å²) < 4.78 is 29.5. The van der Waals surface area contributed by atoms with E-state index in [9.17, 15) is 13.6 Å². The molecule has 2 rings (SSSR count). The van der Waals surface area contributed by atoms with Gasteiger partial charge in [0.15, 0.2) is 0 Å². The van der Waals surface area contributed by atoms with Gasteiger partial charge in [0.05, 0.1) is 12.1 Å². The van der Waals surface area contributed by atoms with Crippen LogP contribution in [0.15, 0.2) is 24.3 Å². The van der Waals surface area contributed by atoms with E-state index in [0.717, 1.165) is 12.8 Å². The Morgan fingerprint density at radius 2 is 1.96 bits per heavy atom. The molecular formula is C18H26F2N2O2. The summed E-state index contributed by atoms with van der Waals surface area (Å²) >= 11 is 0. The maximum atomic E-state index is 12.5. The molecule has 6 heteroatoms. The van der Waals surface area contributed by atoms with Gasteiger partial charge < -0.3 is 15.8 Å². The van der Waals surface area contributed by atoms with Crippen LogP contribution in [-0.4, -0.2) is 18.6 Å². The Hall–Kier alpha value is -1.69. The van der Waals surface area contributed by atoms with Crippen molar-refractivity contribution in [3.05, 3.63) is 29.8 Å². The lowest BCUT2D eigenvalue weighted by Gasteiger charge is -2.25. The molecule has 1 saturated carbocycles. The van der Waals surface area contributed by atoms with Gasteiger partial charge in [0.1, 0.15) is 5.75 Å². The van der Waals surface area contributed by atoms with Crippen molar-refractivity contribution in [2.24, 2.45) is 11.7 Å². The summed E-state index contributed by atoms with van der Waals surface area (Å²) in [5.41, 5.74) is 6.54. The molecular weight excluding hydrogens is 314 g/mol. The van der Waals surface area contributed by atoms with Gasteiger partial charge in [-0.05, 0) is 25.3 Å². The van der Waals surface area contributed by atoms with Crippen molar-refractivity contribution < 1.29 is 18.3 Å². The lowest BCUT2D eigenvalue weighted by atomic mass is 9.85. The summed E-state index contributed by atoms with van der Waals surface area (Å²) in [6.45, 7) is -1.17. The van der Waals surface area contributed by atoms with Gasteiger partial charge in [0.25, 0.3) is 0 Å². The van der Waals surface area contributed by atoms with Crippen molar-refractivity contribution >= 4 is 5.91 Å². The smallest absolute Gasteiger partial charge is 0.387 e. The summed E-state index contributed by atoms with van der Waals surface area (Å²) in [7, 11) is 0. The number of nitrogens with two attached hydrogens (primary N) is 1. The zero-order valence-corrected chi connectivity index (χ0v) is 14.0. The van der Waals surface area contributed by atoms with Crippen LogP contribution in [-0.2, 0) is 4.79 Å². The Bertz CT molecular complexity index is 534. The Morgan fingerprint density at radius 3 is 2.62 bits per heavy atom. The molecule has 4 nitrogen and oxygen atoms in total. The Balaban J connectivity index is 1.93. The third kappa shape index (κ3) is 5.44. The zero-order valence-electron chi connectivity index (χ0n) is 14.0. The molecule has 1 amide bonds. The van der Waals surface area contributed by atoms with Crippen molar-refractivity contribution in [2.45, 2.75) is 64.1 Å². The van der Waals surface area contributed by atoms with Gasteiger partial charge in [0, 0.05) is 5.56 Å². The lowest BCUT2D eigenvalue weighted by molar-refractivity contribution is -0.123. The number of nitrogens with one attached hydrogen (secondary N) is 1. The number of ether oxygens (including phenoxy) is 1. The Morgan fingerprint density at radius 1 is 1.29 bits per heavy atom. The van der Waals surface area contributed by atoms with E-state index < -0.39 is 18.7 Å². The number of hydrogen-bond acceptors (Lipinski definition) is 3. The predicted molar refractivity (Wildman–Crippen MR) is 88.8 cm³/mol. The molecule has 0 saturated heterocycles. The number of amides is 1. The van der Waals surface area contributed by atoms with Crippen LogP contribution in [0.1, 0.15) is 57.1 Å². The standard InChI is InChI=1S/C18H26F2N2O2/c1-12(14-9-5-6-10-16(14)24-18(19)20)22-17(23)15(21)11-13-7-3-2-4-8-13/h5-6,9-10,12-13,15,18H,2-4,7-8,11,21H2,1H3,(H,22,23). The molecule has 0 radical (unpaired) electrons. The van der Waals surface area contributed by atoms with Crippen LogP contribution < -0.4 is 15.8 Å². The highest BCUT2D eigenvalue weighted by molar-refractivity contribution is 5.82. The van der Waals surface area contributed by atoms with E-state index in [2.05, 4.69) is 10.1 Å². The second kappa shape index (κ2) is 8.97. The van der Waals surface area contributed by atoms with Gasteiger partial charge >= 0.3 is 6.61 Å². The highest BCUT2D eigenvalue weighted by atomic mass is 19.3. The summed E-state index contributed by atoms with van der Waals surface area (Å²) in [4.78, 5) is 12.3. The van der Waals surface area contributed by atoms with Crippen molar-refractivity contribution in [1.29, 1.82) is 0 Å². The minimum Gasteiger partial charge on any atom is -0.434 e. The minimum absolute atomic E-state index is 0.0705. The highest BCUT2D eigenvalue weighted by Crippen LogP contribution is 2.28. The summed E-state index contributed by atoms with van der Waals surface area (Å²) in [5, 5.41) is 2.81. The number of carbonyl (C=O) groups is 1. The molecule has 1 aliphatic carbocycles. The summed E-state index contributed by atoms with van der Waals surface area (Å²) in [6, 6.07) is 5.44. The third-order valence-corrected chi connectivity index (χ3v) is 4.61. The van der Waals surface area contributed by atoms with Gasteiger partial charge in [-0.25, -0.2) is 0 Å². The van der Waals surface area contributed by atoms with Crippen LogP contribution in [0, 0.1) is 5.92 Å². The van der Waals surface area contributed by atoms with Crippen LogP contribution in [0.2, 0.25) is 0 Å². The topological polar surface area (TPSA) is 64.4 Å². The first-order valence-electron chi connectivity index (χ1n) is 8.57. The first-order valence-corrected chi connectivity index (χ1v) is 8.57. The van der Waals surface area contributed by atoms with Crippen LogP contribution in [0.3, 0.4) is 0 Å². The van der Waals surface area contributed by atoms with Crippen LogP contribution in [0.4, 0.5) is 8.78 Å². The summed E-state index contributed by atoms with van der Waals surface area (Å²) in [6.07, 6.45) is 6.59. The molecule has 0 aromatic heterocycles. The molecule has 0 spiro atoms. The molecule has 2 unspecified atom stereocenters. The van der Waals surface area contributed by atoms with Crippen LogP contribution in [0.5, 0.6) is 5.75 Å². The molecule has 24 heavy (non-hydrogen) atoms. The van der Waals surface area contributed by atoms with Crippen molar-refractivity contribution in [2.75, 3.05) is 0 Å². The maximum Gasteiger partial charge on any atom is 0.387 e. The largest absolute Gasteiger partial charge is 0.434 e. The van der Waals surface area contributed by atoms with Crippen molar-refractivity contribution in [1.82, 2.24) is 5.32 Å². The number of benzene rings is 1. The molecule has 0 aliphatic heterocycles. The average molecular weight is 340 g/mol. The van der Waals surface area contributed by atoms with Crippen LogP contribution in [0.25, 0.3) is 0 Å². The quantitative estimate of drug-likeness (QED) is 0.794. The Kier molecular flexibility index (Phi) is 6.97. The van der Waals surface area contributed by atoms with E-state index in [1.54, 1.807) is 25.1 Å². The SMILES string of the molecule is CC(NC(=O)C(N)CC1CCCCC1)c1ccccc1OC(F)F. The van der Waals surface area contributed by atoms with E-state index in [0.29, 0.717) is 17.9 Å². The van der Waals surface area contributed by atoms with E-state index in [-0.39, 0.29) is 11.7 Å². The number of carbonyl (C=O) groups excluding carboxylic acids is 1. The monoisotopic (exact) mass is 340 g/mol. The zero-order chi connectivity index (χ0) is 17.5. The van der Waals surface area contributed by atoms with Gasteiger partial charge in [0.2, 0.25) is 5.91 Å². The fourth-order valence-corrected chi connectivity index (χ4v) is 3.33.